The number of aliphatic imine (C=N–C) groups is 1. The third-order valence-electron chi connectivity index (χ3n) is 6.04. The first kappa shape index (κ1) is 20.5. The molecule has 0 bridgehead atoms. The molecule has 0 aromatic heterocycles. The van der Waals surface area contributed by atoms with Gasteiger partial charge >= 0.3 is 0 Å². The molecule has 3 rings (SSSR count). The Morgan fingerprint density at radius 1 is 1.07 bits per heavy atom. The van der Waals surface area contributed by atoms with Gasteiger partial charge in [0.25, 0.3) is 0 Å². The number of nitrogens with zero attached hydrogens (tertiary/aromatic N) is 2. The average molecular weight is 387 g/mol. The van der Waals surface area contributed by atoms with Crippen LogP contribution >= 0.6 is 0 Å². The fraction of sp³-hybridized carbons (Fsp3) is 0.636. The van der Waals surface area contributed by atoms with E-state index in [9.17, 15) is 4.79 Å². The predicted molar refractivity (Wildman–Crippen MR) is 114 cm³/mol. The van der Waals surface area contributed by atoms with Crippen LogP contribution < -0.4 is 21.1 Å². The largest absolute Gasteiger partial charge is 0.491 e. The highest BCUT2D eigenvalue weighted by Gasteiger charge is 2.19. The van der Waals surface area contributed by atoms with Crippen molar-refractivity contribution in [1.82, 2.24) is 0 Å². The number of amides is 1. The zero-order chi connectivity index (χ0) is 19.9. The van der Waals surface area contributed by atoms with Gasteiger partial charge in [-0.1, -0.05) is 38.5 Å². The highest BCUT2D eigenvalue weighted by Crippen LogP contribution is 2.31. The summed E-state index contributed by atoms with van der Waals surface area (Å²) in [5.41, 5.74) is 13.0. The maximum Gasteiger partial charge on any atom is 0.248 e. The van der Waals surface area contributed by atoms with Crippen molar-refractivity contribution in [2.24, 2.45) is 22.4 Å². The molecule has 1 amide bonds. The first-order valence-electron chi connectivity index (χ1n) is 10.7. The summed E-state index contributed by atoms with van der Waals surface area (Å²) < 4.78 is 6.17. The second kappa shape index (κ2) is 9.80. The zero-order valence-corrected chi connectivity index (χ0v) is 17.0. The monoisotopic (exact) mass is 386 g/mol. The molecule has 0 heterocycles. The third kappa shape index (κ3) is 5.40. The Hall–Kier alpha value is -2.24. The van der Waals surface area contributed by atoms with Crippen LogP contribution in [0.5, 0.6) is 5.75 Å². The fourth-order valence-electron chi connectivity index (χ4n) is 4.23. The Morgan fingerprint density at radius 2 is 1.71 bits per heavy atom. The van der Waals surface area contributed by atoms with Gasteiger partial charge in [0.1, 0.15) is 5.75 Å². The molecule has 6 heteroatoms. The standard InChI is InChI=1S/C22H34N4O2/c1-26(22(24)25-18-10-6-3-7-11-18)19-13-12-17(21(23)27)14-20(19)28-15-16-8-4-2-5-9-16/h12-14,16,18H,2-11,15H2,1H3,(H2,23,27)(H2,24,25). The van der Waals surface area contributed by atoms with E-state index >= 15 is 0 Å². The molecule has 2 fully saturated rings. The zero-order valence-electron chi connectivity index (χ0n) is 17.0. The third-order valence-corrected chi connectivity index (χ3v) is 6.04. The molecule has 2 aliphatic rings. The molecule has 154 valence electrons. The molecule has 0 unspecified atom stereocenters. The van der Waals surface area contributed by atoms with Crippen LogP contribution in [-0.4, -0.2) is 31.6 Å². The molecule has 1 aromatic carbocycles. The summed E-state index contributed by atoms with van der Waals surface area (Å²) in [6, 6.07) is 5.59. The van der Waals surface area contributed by atoms with Crippen LogP contribution in [0.15, 0.2) is 23.2 Å². The molecule has 0 saturated heterocycles. The summed E-state index contributed by atoms with van der Waals surface area (Å²) >= 11 is 0. The lowest BCUT2D eigenvalue weighted by atomic mass is 9.90. The minimum Gasteiger partial charge on any atom is -0.491 e. The number of primary amides is 1. The van der Waals surface area contributed by atoms with Crippen LogP contribution in [0.25, 0.3) is 0 Å². The SMILES string of the molecule is CN(C(N)=NC1CCCCC1)c1ccc(C(N)=O)cc1OCC1CCCCC1. The second-order valence-corrected chi connectivity index (χ2v) is 8.20. The predicted octanol–water partition coefficient (Wildman–Crippen LogP) is 3.83. The highest BCUT2D eigenvalue weighted by molar-refractivity contribution is 5.98. The molecule has 2 aliphatic carbocycles. The Kier molecular flexibility index (Phi) is 7.18. The number of nitrogens with two attached hydrogens (primary N) is 2. The normalized spacial score (nSPS) is 19.4. The molecular formula is C22H34N4O2. The number of guanidine groups is 1. The minimum absolute atomic E-state index is 0.299. The number of anilines is 1. The van der Waals surface area contributed by atoms with Crippen molar-refractivity contribution in [2.45, 2.75) is 70.3 Å². The van der Waals surface area contributed by atoms with Crippen molar-refractivity contribution in [3.8, 4) is 5.75 Å². The number of carbonyl (C=O) groups is 1. The van der Waals surface area contributed by atoms with Crippen LogP contribution in [-0.2, 0) is 0 Å². The number of benzene rings is 1. The number of ether oxygens (including phenoxy) is 1. The van der Waals surface area contributed by atoms with Gasteiger partial charge < -0.3 is 21.1 Å². The van der Waals surface area contributed by atoms with Crippen LogP contribution in [0, 0.1) is 5.92 Å². The summed E-state index contributed by atoms with van der Waals surface area (Å²) in [4.78, 5) is 18.2. The lowest BCUT2D eigenvalue weighted by Gasteiger charge is -2.26. The number of rotatable bonds is 6. The Bertz CT molecular complexity index is 692. The van der Waals surface area contributed by atoms with Gasteiger partial charge in [0.2, 0.25) is 5.91 Å². The summed E-state index contributed by atoms with van der Waals surface area (Å²) in [7, 11) is 1.90. The molecular weight excluding hydrogens is 352 g/mol. The van der Waals surface area contributed by atoms with Gasteiger partial charge in [0.15, 0.2) is 5.96 Å². The van der Waals surface area contributed by atoms with Crippen LogP contribution in [0.1, 0.15) is 74.6 Å². The van der Waals surface area contributed by atoms with Gasteiger partial charge in [0, 0.05) is 12.6 Å². The summed E-state index contributed by atoms with van der Waals surface area (Å²) in [6.45, 7) is 0.655. The summed E-state index contributed by atoms with van der Waals surface area (Å²) in [5, 5.41) is 0. The second-order valence-electron chi connectivity index (χ2n) is 8.20. The van der Waals surface area contributed by atoms with E-state index in [-0.39, 0.29) is 0 Å². The Morgan fingerprint density at radius 3 is 2.36 bits per heavy atom. The summed E-state index contributed by atoms with van der Waals surface area (Å²) in [6.07, 6.45) is 12.2. The van der Waals surface area contributed by atoms with Crippen LogP contribution in [0.4, 0.5) is 5.69 Å². The number of carbonyl (C=O) groups excluding carboxylic acids is 1. The van der Waals surface area contributed by atoms with E-state index in [0.29, 0.717) is 35.8 Å². The Labute approximate surface area is 168 Å². The van der Waals surface area contributed by atoms with E-state index < -0.39 is 5.91 Å². The molecule has 6 nitrogen and oxygen atoms in total. The van der Waals surface area contributed by atoms with Gasteiger partial charge in [-0.05, 0) is 49.8 Å². The van der Waals surface area contributed by atoms with E-state index in [1.165, 1.54) is 51.4 Å². The molecule has 0 spiro atoms. The first-order valence-corrected chi connectivity index (χ1v) is 10.7. The quantitative estimate of drug-likeness (QED) is 0.574. The van der Waals surface area contributed by atoms with Crippen molar-refractivity contribution >= 4 is 17.6 Å². The topological polar surface area (TPSA) is 93.9 Å². The molecule has 2 saturated carbocycles. The van der Waals surface area contributed by atoms with E-state index in [1.807, 2.05) is 18.0 Å². The van der Waals surface area contributed by atoms with Crippen molar-refractivity contribution in [3.05, 3.63) is 23.8 Å². The first-order chi connectivity index (χ1) is 13.5. The maximum atomic E-state index is 11.6. The van der Waals surface area contributed by atoms with Crippen LogP contribution in [0.2, 0.25) is 0 Å². The lowest BCUT2D eigenvalue weighted by molar-refractivity contribution is 0.0999. The van der Waals surface area contributed by atoms with E-state index in [2.05, 4.69) is 0 Å². The molecule has 1 aromatic rings. The van der Waals surface area contributed by atoms with Gasteiger partial charge in [-0.25, -0.2) is 4.99 Å². The van der Waals surface area contributed by atoms with Gasteiger partial charge in [-0.3, -0.25) is 4.79 Å². The highest BCUT2D eigenvalue weighted by atomic mass is 16.5. The van der Waals surface area contributed by atoms with Crippen molar-refractivity contribution in [2.75, 3.05) is 18.6 Å². The molecule has 0 aliphatic heterocycles. The number of hydrogen-bond acceptors (Lipinski definition) is 3. The van der Waals surface area contributed by atoms with Crippen LogP contribution in [0.3, 0.4) is 0 Å². The van der Waals surface area contributed by atoms with E-state index in [1.54, 1.807) is 12.1 Å². The fourth-order valence-corrected chi connectivity index (χ4v) is 4.23. The van der Waals surface area contributed by atoms with Gasteiger partial charge in [-0.2, -0.15) is 0 Å². The van der Waals surface area contributed by atoms with E-state index in [0.717, 1.165) is 18.5 Å². The molecule has 0 radical (unpaired) electrons. The Balaban J connectivity index is 1.77. The smallest absolute Gasteiger partial charge is 0.248 e. The van der Waals surface area contributed by atoms with Gasteiger partial charge in [0.05, 0.1) is 18.3 Å². The molecule has 4 N–H and O–H groups in total. The minimum atomic E-state index is -0.458. The van der Waals surface area contributed by atoms with Gasteiger partial charge in [-0.15, -0.1) is 0 Å². The molecule has 28 heavy (non-hydrogen) atoms. The average Bonchev–Trinajstić information content (AvgIpc) is 2.73. The van der Waals surface area contributed by atoms with Crippen molar-refractivity contribution in [3.63, 3.8) is 0 Å². The molecule has 0 atom stereocenters. The van der Waals surface area contributed by atoms with Crippen molar-refractivity contribution < 1.29 is 9.53 Å². The summed E-state index contributed by atoms with van der Waals surface area (Å²) in [5.74, 6) is 1.24. The number of hydrogen-bond donors (Lipinski definition) is 2. The maximum absolute atomic E-state index is 11.6. The van der Waals surface area contributed by atoms with E-state index in [4.69, 9.17) is 21.2 Å². The van der Waals surface area contributed by atoms with Crippen molar-refractivity contribution in [1.29, 1.82) is 0 Å². The lowest BCUT2D eigenvalue weighted by Crippen LogP contribution is -2.36.